The lowest BCUT2D eigenvalue weighted by Gasteiger charge is -2.17. The molecule has 1 aliphatic rings. The van der Waals surface area contributed by atoms with Gasteiger partial charge in [-0.25, -0.2) is 4.98 Å². The Balaban J connectivity index is 1.73. The molecule has 0 radical (unpaired) electrons. The Morgan fingerprint density at radius 1 is 1.27 bits per heavy atom. The molecule has 2 heterocycles. The molecule has 0 saturated heterocycles. The van der Waals surface area contributed by atoms with Gasteiger partial charge in [-0.3, -0.25) is 4.68 Å². The molecular weight excluding hydrogens is 363 g/mol. The molecule has 0 N–H and O–H groups in total. The van der Waals surface area contributed by atoms with Gasteiger partial charge in [0, 0.05) is 16.6 Å². The van der Waals surface area contributed by atoms with Crippen LogP contribution < -0.4 is 4.74 Å². The van der Waals surface area contributed by atoms with E-state index in [1.54, 1.807) is 23.5 Å². The molecule has 136 valence electrons. The number of rotatable bonds is 3. The second-order valence-electron chi connectivity index (χ2n) is 6.23. The average molecular weight is 379 g/mol. The highest BCUT2D eigenvalue weighted by Crippen LogP contribution is 2.45. The second kappa shape index (κ2) is 6.42. The van der Waals surface area contributed by atoms with Crippen LogP contribution in [-0.4, -0.2) is 28.1 Å². The third kappa shape index (κ3) is 3.09. The summed E-state index contributed by atoms with van der Waals surface area (Å²) in [4.78, 5) is 5.19. The SMILES string of the molecule is COc1ccc(Cn2cc3c(n2)C(C(F)(F)F)CCc2scnc2-3)cc1. The summed E-state index contributed by atoms with van der Waals surface area (Å²) in [6, 6.07) is 7.39. The van der Waals surface area contributed by atoms with Crippen molar-refractivity contribution in [1.29, 1.82) is 0 Å². The summed E-state index contributed by atoms with van der Waals surface area (Å²) in [6.07, 6.45) is -2.26. The van der Waals surface area contributed by atoms with Crippen molar-refractivity contribution in [2.75, 3.05) is 7.11 Å². The lowest BCUT2D eigenvalue weighted by atomic mass is 9.98. The third-order valence-corrected chi connectivity index (χ3v) is 5.47. The number of ether oxygens (including phenoxy) is 1. The van der Waals surface area contributed by atoms with Crippen molar-refractivity contribution in [2.45, 2.75) is 31.5 Å². The van der Waals surface area contributed by atoms with Crippen LogP contribution in [0.3, 0.4) is 0 Å². The summed E-state index contributed by atoms with van der Waals surface area (Å²) in [7, 11) is 1.59. The zero-order chi connectivity index (χ0) is 18.3. The smallest absolute Gasteiger partial charge is 0.397 e. The van der Waals surface area contributed by atoms with Crippen LogP contribution in [0.15, 0.2) is 36.0 Å². The summed E-state index contributed by atoms with van der Waals surface area (Å²) < 4.78 is 47.4. The van der Waals surface area contributed by atoms with Gasteiger partial charge in [-0.2, -0.15) is 18.3 Å². The highest BCUT2D eigenvalue weighted by Gasteiger charge is 2.45. The first-order chi connectivity index (χ1) is 12.5. The zero-order valence-corrected chi connectivity index (χ0v) is 14.8. The van der Waals surface area contributed by atoms with Crippen LogP contribution in [-0.2, 0) is 13.0 Å². The second-order valence-corrected chi connectivity index (χ2v) is 7.17. The first-order valence-corrected chi connectivity index (χ1v) is 9.03. The van der Waals surface area contributed by atoms with Gasteiger partial charge in [0.05, 0.1) is 36.5 Å². The molecule has 0 saturated carbocycles. The maximum atomic E-state index is 13.6. The minimum Gasteiger partial charge on any atom is -0.497 e. The maximum Gasteiger partial charge on any atom is 0.397 e. The van der Waals surface area contributed by atoms with Gasteiger partial charge < -0.3 is 4.74 Å². The maximum absolute atomic E-state index is 13.6. The number of hydrogen-bond acceptors (Lipinski definition) is 4. The summed E-state index contributed by atoms with van der Waals surface area (Å²) in [6.45, 7) is 0.390. The van der Waals surface area contributed by atoms with Crippen LogP contribution in [0.25, 0.3) is 11.3 Å². The first kappa shape index (κ1) is 17.1. The molecule has 4 nitrogen and oxygen atoms in total. The van der Waals surface area contributed by atoms with Gasteiger partial charge in [-0.05, 0) is 30.5 Å². The number of thiazole rings is 1. The molecule has 0 spiro atoms. The summed E-state index contributed by atoms with van der Waals surface area (Å²) in [5.41, 5.74) is 3.83. The molecule has 4 rings (SSSR count). The van der Waals surface area contributed by atoms with Crippen molar-refractivity contribution in [3.63, 3.8) is 0 Å². The van der Waals surface area contributed by atoms with Crippen molar-refractivity contribution in [3.8, 4) is 17.0 Å². The van der Waals surface area contributed by atoms with E-state index in [-0.39, 0.29) is 12.1 Å². The highest BCUT2D eigenvalue weighted by atomic mass is 32.1. The van der Waals surface area contributed by atoms with Crippen molar-refractivity contribution in [3.05, 3.63) is 52.1 Å². The number of aryl methyl sites for hydroxylation is 1. The molecule has 0 amide bonds. The fraction of sp³-hybridized carbons (Fsp3) is 0.333. The first-order valence-electron chi connectivity index (χ1n) is 8.15. The van der Waals surface area contributed by atoms with Gasteiger partial charge >= 0.3 is 6.18 Å². The summed E-state index contributed by atoms with van der Waals surface area (Å²) in [5.74, 6) is -0.828. The number of methoxy groups -OCH3 is 1. The monoisotopic (exact) mass is 379 g/mol. The topological polar surface area (TPSA) is 39.9 Å². The molecular formula is C18H16F3N3OS. The predicted octanol–water partition coefficient (Wildman–Crippen LogP) is 4.66. The van der Waals surface area contributed by atoms with E-state index in [0.29, 0.717) is 24.2 Å². The Morgan fingerprint density at radius 3 is 2.73 bits per heavy atom. The Bertz CT molecular complexity index is 915. The van der Waals surface area contributed by atoms with Crippen molar-refractivity contribution >= 4 is 11.3 Å². The third-order valence-electron chi connectivity index (χ3n) is 4.58. The predicted molar refractivity (Wildman–Crippen MR) is 92.5 cm³/mol. The van der Waals surface area contributed by atoms with Gasteiger partial charge in [-0.1, -0.05) is 12.1 Å². The van der Waals surface area contributed by atoms with E-state index in [0.717, 1.165) is 16.2 Å². The molecule has 1 atom stereocenters. The van der Waals surface area contributed by atoms with Crippen molar-refractivity contribution < 1.29 is 17.9 Å². The van der Waals surface area contributed by atoms with Gasteiger partial charge in [0.1, 0.15) is 5.75 Å². The lowest BCUT2D eigenvalue weighted by molar-refractivity contribution is -0.152. The molecule has 1 unspecified atom stereocenters. The largest absolute Gasteiger partial charge is 0.497 e. The fourth-order valence-electron chi connectivity index (χ4n) is 3.27. The number of halogens is 3. The van der Waals surface area contributed by atoms with Crippen LogP contribution in [0.1, 0.15) is 28.5 Å². The Hall–Kier alpha value is -2.35. The quantitative estimate of drug-likeness (QED) is 0.665. The van der Waals surface area contributed by atoms with E-state index < -0.39 is 12.1 Å². The molecule has 3 aromatic rings. The highest BCUT2D eigenvalue weighted by molar-refractivity contribution is 7.10. The van der Waals surface area contributed by atoms with Gasteiger partial charge in [0.15, 0.2) is 0 Å². The van der Waals surface area contributed by atoms with E-state index in [1.807, 2.05) is 24.3 Å². The zero-order valence-electron chi connectivity index (χ0n) is 14.0. The fourth-order valence-corrected chi connectivity index (χ4v) is 4.07. The Labute approximate surface area is 152 Å². The average Bonchev–Trinajstić information content (AvgIpc) is 3.19. The van der Waals surface area contributed by atoms with Crippen LogP contribution in [0, 0.1) is 0 Å². The van der Waals surface area contributed by atoms with E-state index in [1.165, 1.54) is 11.3 Å². The Kier molecular flexibility index (Phi) is 4.22. The summed E-state index contributed by atoms with van der Waals surface area (Å²) in [5, 5.41) is 4.31. The van der Waals surface area contributed by atoms with Crippen LogP contribution in [0.4, 0.5) is 13.2 Å². The minimum absolute atomic E-state index is 0.00520. The molecule has 2 aromatic heterocycles. The molecule has 0 aliphatic heterocycles. The van der Waals surface area contributed by atoms with Crippen molar-refractivity contribution in [2.24, 2.45) is 0 Å². The molecule has 1 aliphatic carbocycles. The molecule has 1 aromatic carbocycles. The van der Waals surface area contributed by atoms with Gasteiger partial charge in [-0.15, -0.1) is 11.3 Å². The van der Waals surface area contributed by atoms with Gasteiger partial charge in [0.25, 0.3) is 0 Å². The van der Waals surface area contributed by atoms with Crippen LogP contribution in [0.5, 0.6) is 5.75 Å². The number of hydrogen-bond donors (Lipinski definition) is 0. The number of nitrogens with zero attached hydrogens (tertiary/aromatic N) is 3. The summed E-state index contributed by atoms with van der Waals surface area (Å²) >= 11 is 1.40. The van der Waals surface area contributed by atoms with E-state index in [4.69, 9.17) is 4.74 Å². The molecule has 26 heavy (non-hydrogen) atoms. The van der Waals surface area contributed by atoms with Crippen molar-refractivity contribution in [1.82, 2.24) is 14.8 Å². The number of aromatic nitrogens is 3. The molecule has 0 bridgehead atoms. The number of alkyl halides is 3. The minimum atomic E-state index is -4.32. The van der Waals surface area contributed by atoms with E-state index in [9.17, 15) is 13.2 Å². The Morgan fingerprint density at radius 2 is 2.04 bits per heavy atom. The standard InChI is InChI=1S/C18H16F3N3OS/c1-25-12-4-2-11(3-5-12)8-24-9-13-16(23-24)14(18(19,20)21)6-7-15-17(13)22-10-26-15/h2-5,9-10,14H,6-8H2,1H3. The lowest BCUT2D eigenvalue weighted by Crippen LogP contribution is -2.22. The normalized spacial score (nSPS) is 16.7. The number of benzene rings is 1. The number of fused-ring (bicyclic) bond motifs is 3. The molecule has 0 fully saturated rings. The van der Waals surface area contributed by atoms with Crippen LogP contribution >= 0.6 is 11.3 Å². The van der Waals surface area contributed by atoms with Gasteiger partial charge in [0.2, 0.25) is 0 Å². The van der Waals surface area contributed by atoms with Crippen LogP contribution in [0.2, 0.25) is 0 Å². The van der Waals surface area contributed by atoms with E-state index >= 15 is 0 Å². The van der Waals surface area contributed by atoms with E-state index in [2.05, 4.69) is 10.1 Å². The molecule has 8 heteroatoms.